The molecule has 0 unspecified atom stereocenters. The lowest BCUT2D eigenvalue weighted by molar-refractivity contribution is 0.0105. The van der Waals surface area contributed by atoms with E-state index in [1.54, 1.807) is 25.1 Å². The van der Waals surface area contributed by atoms with E-state index in [1.165, 1.54) is 0 Å². The topological polar surface area (TPSA) is 38.9 Å². The largest absolute Gasteiger partial charge is 0.325 e. The number of hydrogen-bond donors (Lipinski definition) is 1. The molecular weight excluding hydrogens is 174 g/mol. The molecule has 1 heterocycles. The van der Waals surface area contributed by atoms with E-state index < -0.39 is 12.5 Å². The van der Waals surface area contributed by atoms with Crippen LogP contribution in [0.15, 0.2) is 18.2 Å². The molecule has 0 fully saturated rings. The fourth-order valence-corrected chi connectivity index (χ4v) is 1.04. The van der Waals surface area contributed by atoms with Gasteiger partial charge in [-0.1, -0.05) is 6.07 Å². The molecular formula is C9H12F2N2. The van der Waals surface area contributed by atoms with E-state index in [-0.39, 0.29) is 6.42 Å². The van der Waals surface area contributed by atoms with Crippen LogP contribution < -0.4 is 5.73 Å². The number of rotatable bonds is 3. The van der Waals surface area contributed by atoms with Gasteiger partial charge in [-0.25, -0.2) is 8.78 Å². The van der Waals surface area contributed by atoms with E-state index in [0.717, 1.165) is 5.69 Å². The maximum atomic E-state index is 12.8. The average Bonchev–Trinajstić information content (AvgIpc) is 2.03. The van der Waals surface area contributed by atoms with E-state index in [4.69, 9.17) is 5.73 Å². The van der Waals surface area contributed by atoms with Crippen molar-refractivity contribution in [2.45, 2.75) is 19.3 Å². The van der Waals surface area contributed by atoms with Crippen LogP contribution in [0.2, 0.25) is 0 Å². The quantitative estimate of drug-likeness (QED) is 0.777. The minimum atomic E-state index is -2.85. The lowest BCUT2D eigenvalue weighted by Crippen LogP contribution is -2.30. The fraction of sp³-hybridized carbons (Fsp3) is 0.444. The van der Waals surface area contributed by atoms with Gasteiger partial charge in [-0.2, -0.15) is 0 Å². The Labute approximate surface area is 75.8 Å². The van der Waals surface area contributed by atoms with Crippen molar-refractivity contribution in [3.63, 3.8) is 0 Å². The summed E-state index contributed by atoms with van der Waals surface area (Å²) in [5.41, 5.74) is 6.04. The molecule has 0 radical (unpaired) electrons. The Hall–Kier alpha value is -1.03. The highest BCUT2D eigenvalue weighted by Crippen LogP contribution is 2.17. The summed E-state index contributed by atoms with van der Waals surface area (Å²) in [5, 5.41) is 0. The number of nitrogens with zero attached hydrogens (tertiary/aromatic N) is 1. The Morgan fingerprint density at radius 2 is 2.15 bits per heavy atom. The second-order valence-corrected chi connectivity index (χ2v) is 3.01. The Bertz CT molecular complexity index is 287. The molecule has 1 aromatic heterocycles. The summed E-state index contributed by atoms with van der Waals surface area (Å²) in [5.74, 6) is -2.85. The van der Waals surface area contributed by atoms with Gasteiger partial charge >= 0.3 is 0 Å². The molecule has 0 aliphatic carbocycles. The summed E-state index contributed by atoms with van der Waals surface area (Å²) in [7, 11) is 0. The molecule has 0 atom stereocenters. The van der Waals surface area contributed by atoms with Crippen molar-refractivity contribution in [2.24, 2.45) is 5.73 Å². The highest BCUT2D eigenvalue weighted by Gasteiger charge is 2.27. The van der Waals surface area contributed by atoms with Gasteiger partial charge in [-0.3, -0.25) is 4.98 Å². The number of alkyl halides is 2. The van der Waals surface area contributed by atoms with E-state index in [2.05, 4.69) is 4.98 Å². The van der Waals surface area contributed by atoms with E-state index in [9.17, 15) is 8.78 Å². The van der Waals surface area contributed by atoms with Crippen LogP contribution in [0.25, 0.3) is 0 Å². The molecule has 0 aromatic carbocycles. The molecule has 1 rings (SSSR count). The van der Waals surface area contributed by atoms with E-state index in [0.29, 0.717) is 5.69 Å². The maximum absolute atomic E-state index is 12.8. The number of hydrogen-bond acceptors (Lipinski definition) is 2. The third-order valence-corrected chi connectivity index (χ3v) is 1.68. The van der Waals surface area contributed by atoms with Crippen molar-refractivity contribution < 1.29 is 8.78 Å². The SMILES string of the molecule is Cc1cccc(CC(F)(F)CN)n1. The van der Waals surface area contributed by atoms with Crippen molar-refractivity contribution in [1.29, 1.82) is 0 Å². The number of halogens is 2. The highest BCUT2D eigenvalue weighted by atomic mass is 19.3. The molecule has 2 N–H and O–H groups in total. The summed E-state index contributed by atoms with van der Waals surface area (Å²) < 4.78 is 25.6. The van der Waals surface area contributed by atoms with Gasteiger partial charge in [0.25, 0.3) is 5.92 Å². The molecule has 13 heavy (non-hydrogen) atoms. The van der Waals surface area contributed by atoms with Crippen molar-refractivity contribution >= 4 is 0 Å². The van der Waals surface area contributed by atoms with Gasteiger partial charge in [0.2, 0.25) is 0 Å². The zero-order valence-corrected chi connectivity index (χ0v) is 7.43. The third-order valence-electron chi connectivity index (χ3n) is 1.68. The normalized spacial score (nSPS) is 11.7. The number of aryl methyl sites for hydroxylation is 1. The second kappa shape index (κ2) is 3.79. The maximum Gasteiger partial charge on any atom is 0.265 e. The van der Waals surface area contributed by atoms with E-state index >= 15 is 0 Å². The first-order valence-electron chi connectivity index (χ1n) is 4.04. The van der Waals surface area contributed by atoms with E-state index in [1.807, 2.05) is 0 Å². The van der Waals surface area contributed by atoms with Gasteiger partial charge in [0, 0.05) is 11.4 Å². The Morgan fingerprint density at radius 1 is 1.46 bits per heavy atom. The predicted octanol–water partition coefficient (Wildman–Crippen LogP) is 1.53. The summed E-state index contributed by atoms with van der Waals surface area (Å²) in [6.45, 7) is 1.13. The minimum absolute atomic E-state index is 0.384. The first-order chi connectivity index (χ1) is 6.03. The van der Waals surface area contributed by atoms with Crippen molar-refractivity contribution in [3.05, 3.63) is 29.6 Å². The Balaban J connectivity index is 2.74. The molecule has 0 saturated heterocycles. The van der Waals surface area contributed by atoms with Gasteiger partial charge in [0.05, 0.1) is 13.0 Å². The predicted molar refractivity (Wildman–Crippen MR) is 46.7 cm³/mol. The van der Waals surface area contributed by atoms with Crippen LogP contribution in [0, 0.1) is 6.92 Å². The van der Waals surface area contributed by atoms with Gasteiger partial charge < -0.3 is 5.73 Å². The number of aromatic nitrogens is 1. The van der Waals surface area contributed by atoms with Gasteiger partial charge in [0.1, 0.15) is 0 Å². The molecule has 2 nitrogen and oxygen atoms in total. The molecule has 1 aromatic rings. The Morgan fingerprint density at radius 3 is 2.69 bits per heavy atom. The van der Waals surface area contributed by atoms with Crippen LogP contribution in [0.5, 0.6) is 0 Å². The molecule has 0 amide bonds. The van der Waals surface area contributed by atoms with Crippen molar-refractivity contribution in [2.75, 3.05) is 6.54 Å². The van der Waals surface area contributed by atoms with Crippen molar-refractivity contribution in [3.8, 4) is 0 Å². The molecule has 0 aliphatic heterocycles. The zero-order chi connectivity index (χ0) is 9.90. The lowest BCUT2D eigenvalue weighted by atomic mass is 10.1. The third kappa shape index (κ3) is 3.06. The second-order valence-electron chi connectivity index (χ2n) is 3.01. The molecule has 0 aliphatic rings. The molecule has 72 valence electrons. The summed E-state index contributed by atoms with van der Waals surface area (Å²) in [4.78, 5) is 3.97. The van der Waals surface area contributed by atoms with Crippen LogP contribution in [0.3, 0.4) is 0 Å². The standard InChI is InChI=1S/C9H12F2N2/c1-7-3-2-4-8(13-7)5-9(10,11)6-12/h2-4H,5-6,12H2,1H3. The van der Waals surface area contributed by atoms with Crippen LogP contribution >= 0.6 is 0 Å². The smallest absolute Gasteiger partial charge is 0.265 e. The first-order valence-corrected chi connectivity index (χ1v) is 4.04. The molecule has 0 spiro atoms. The Kier molecular flexibility index (Phi) is 2.93. The van der Waals surface area contributed by atoms with Crippen LogP contribution in [0.1, 0.15) is 11.4 Å². The first kappa shape index (κ1) is 10.1. The van der Waals surface area contributed by atoms with Crippen LogP contribution in [-0.4, -0.2) is 17.5 Å². The fourth-order valence-electron chi connectivity index (χ4n) is 1.04. The van der Waals surface area contributed by atoms with Gasteiger partial charge in [-0.05, 0) is 19.1 Å². The highest BCUT2D eigenvalue weighted by molar-refractivity contribution is 5.11. The summed E-state index contributed by atoms with van der Waals surface area (Å²) in [6.07, 6.45) is -0.384. The molecule has 0 bridgehead atoms. The molecule has 0 saturated carbocycles. The number of pyridine rings is 1. The zero-order valence-electron chi connectivity index (χ0n) is 7.43. The van der Waals surface area contributed by atoms with Crippen LogP contribution in [-0.2, 0) is 6.42 Å². The van der Waals surface area contributed by atoms with Gasteiger partial charge in [0.15, 0.2) is 0 Å². The molecule has 4 heteroatoms. The average molecular weight is 186 g/mol. The lowest BCUT2D eigenvalue weighted by Gasteiger charge is -2.12. The number of nitrogens with two attached hydrogens (primary N) is 1. The monoisotopic (exact) mass is 186 g/mol. The summed E-state index contributed by atoms with van der Waals surface area (Å²) in [6, 6.07) is 5.06. The van der Waals surface area contributed by atoms with Crippen molar-refractivity contribution in [1.82, 2.24) is 4.98 Å². The minimum Gasteiger partial charge on any atom is -0.325 e. The van der Waals surface area contributed by atoms with Gasteiger partial charge in [-0.15, -0.1) is 0 Å². The summed E-state index contributed by atoms with van der Waals surface area (Å²) >= 11 is 0. The van der Waals surface area contributed by atoms with Crippen LogP contribution in [0.4, 0.5) is 8.78 Å².